The fourth-order valence-electron chi connectivity index (χ4n) is 2.54. The number of aryl methyl sites for hydroxylation is 1. The highest BCUT2D eigenvalue weighted by Crippen LogP contribution is 2.26. The average molecular weight is 324 g/mol. The highest BCUT2D eigenvalue weighted by Gasteiger charge is 2.15. The minimum atomic E-state index is -0.315. The smallest absolute Gasteiger partial charge is 0.319 e. The van der Waals surface area contributed by atoms with Crippen molar-refractivity contribution in [2.24, 2.45) is 0 Å². The Labute approximate surface area is 140 Å². The molecule has 1 unspecified atom stereocenters. The van der Waals surface area contributed by atoms with E-state index >= 15 is 0 Å². The van der Waals surface area contributed by atoms with Crippen LogP contribution < -0.4 is 15.4 Å². The van der Waals surface area contributed by atoms with Gasteiger partial charge in [0.2, 0.25) is 0 Å². The van der Waals surface area contributed by atoms with E-state index in [0.717, 1.165) is 16.5 Å². The molecule has 0 radical (unpaired) electrons. The van der Waals surface area contributed by atoms with Gasteiger partial charge in [-0.05, 0) is 43.7 Å². The number of amides is 2. The van der Waals surface area contributed by atoms with E-state index in [0.29, 0.717) is 17.2 Å². The van der Waals surface area contributed by atoms with Crippen LogP contribution in [0.4, 0.5) is 10.5 Å². The number of hydrogen-bond donors (Lipinski definition) is 2. The Balaban J connectivity index is 1.70. The van der Waals surface area contributed by atoms with Gasteiger partial charge in [0.05, 0.1) is 18.8 Å². The van der Waals surface area contributed by atoms with Crippen molar-refractivity contribution in [3.63, 3.8) is 0 Å². The van der Waals surface area contributed by atoms with Gasteiger partial charge in [-0.3, -0.25) is 0 Å². The number of ether oxygens (including phenoxy) is 1. The maximum Gasteiger partial charge on any atom is 0.319 e. The monoisotopic (exact) mass is 324 g/mol. The van der Waals surface area contributed by atoms with Gasteiger partial charge in [0, 0.05) is 5.39 Å². The van der Waals surface area contributed by atoms with E-state index in [9.17, 15) is 4.79 Å². The maximum absolute atomic E-state index is 12.2. The van der Waals surface area contributed by atoms with Gasteiger partial charge in [-0.15, -0.1) is 0 Å². The summed E-state index contributed by atoms with van der Waals surface area (Å²) in [7, 11) is 1.58. The lowest BCUT2D eigenvalue weighted by Gasteiger charge is -2.14. The summed E-state index contributed by atoms with van der Waals surface area (Å²) in [5, 5.41) is 6.69. The van der Waals surface area contributed by atoms with E-state index in [1.165, 1.54) is 0 Å². The number of rotatable bonds is 4. The van der Waals surface area contributed by atoms with Gasteiger partial charge in [0.15, 0.2) is 0 Å². The molecule has 0 fully saturated rings. The summed E-state index contributed by atoms with van der Waals surface area (Å²) >= 11 is 0. The molecule has 5 nitrogen and oxygen atoms in total. The van der Waals surface area contributed by atoms with E-state index in [2.05, 4.69) is 10.6 Å². The summed E-state index contributed by atoms with van der Waals surface area (Å²) in [5.41, 5.74) is 2.49. The zero-order chi connectivity index (χ0) is 17.1. The first-order valence-electron chi connectivity index (χ1n) is 7.77. The zero-order valence-electron chi connectivity index (χ0n) is 13.9. The van der Waals surface area contributed by atoms with Crippen LogP contribution in [0.3, 0.4) is 0 Å². The fraction of sp³-hybridized carbons (Fsp3) is 0.211. The molecule has 5 heteroatoms. The highest BCUT2D eigenvalue weighted by molar-refractivity contribution is 5.91. The summed E-state index contributed by atoms with van der Waals surface area (Å²) in [6.45, 7) is 3.85. The normalized spacial score (nSPS) is 12.0. The van der Waals surface area contributed by atoms with Gasteiger partial charge in [-0.2, -0.15) is 0 Å². The molecule has 1 heterocycles. The van der Waals surface area contributed by atoms with Crippen LogP contribution in [0.15, 0.2) is 52.9 Å². The molecule has 0 aliphatic rings. The van der Waals surface area contributed by atoms with Crippen LogP contribution in [-0.4, -0.2) is 13.1 Å². The molecule has 0 aliphatic carbocycles. The highest BCUT2D eigenvalue weighted by atomic mass is 16.5. The van der Waals surface area contributed by atoms with Crippen LogP contribution in [0, 0.1) is 6.92 Å². The molecule has 3 rings (SSSR count). The van der Waals surface area contributed by atoms with Gasteiger partial charge in [0.25, 0.3) is 0 Å². The Kier molecular flexibility index (Phi) is 4.42. The predicted octanol–water partition coefficient (Wildman–Crippen LogP) is 4.63. The lowest BCUT2D eigenvalue weighted by Crippen LogP contribution is -2.31. The quantitative estimate of drug-likeness (QED) is 0.735. The molecule has 24 heavy (non-hydrogen) atoms. The molecular formula is C19H20N2O3. The molecule has 2 amide bonds. The Bertz CT molecular complexity index is 837. The topological polar surface area (TPSA) is 63.5 Å². The molecule has 0 aliphatic heterocycles. The zero-order valence-corrected chi connectivity index (χ0v) is 13.9. The van der Waals surface area contributed by atoms with E-state index in [4.69, 9.17) is 9.15 Å². The molecule has 1 aromatic heterocycles. The molecular weight excluding hydrogens is 304 g/mol. The second-order valence-electron chi connectivity index (χ2n) is 5.71. The lowest BCUT2D eigenvalue weighted by molar-refractivity contribution is 0.247. The first kappa shape index (κ1) is 15.9. The number of para-hydroxylation sites is 1. The summed E-state index contributed by atoms with van der Waals surface area (Å²) < 4.78 is 11.1. The second-order valence-corrected chi connectivity index (χ2v) is 5.71. The average Bonchev–Trinajstić information content (AvgIpc) is 3.00. The Morgan fingerprint density at radius 2 is 1.96 bits per heavy atom. The Hall–Kier alpha value is -2.95. The second kappa shape index (κ2) is 6.66. The number of fused-ring (bicyclic) bond motifs is 1. The molecule has 0 saturated carbocycles. The van der Waals surface area contributed by atoms with Gasteiger partial charge < -0.3 is 19.8 Å². The lowest BCUT2D eigenvalue weighted by atomic mass is 10.2. The number of urea groups is 1. The van der Waals surface area contributed by atoms with E-state index in [1.807, 2.05) is 62.4 Å². The number of benzene rings is 2. The maximum atomic E-state index is 12.2. The number of nitrogens with one attached hydrogen (secondary N) is 2. The number of furan rings is 1. The summed E-state index contributed by atoms with van der Waals surface area (Å²) in [6.07, 6.45) is 0. The number of hydrogen-bond acceptors (Lipinski definition) is 3. The van der Waals surface area contributed by atoms with Crippen molar-refractivity contribution < 1.29 is 13.9 Å². The number of carbonyl (C=O) groups excluding carboxylic acids is 1. The Morgan fingerprint density at radius 3 is 2.71 bits per heavy atom. The molecule has 0 bridgehead atoms. The van der Waals surface area contributed by atoms with E-state index < -0.39 is 0 Å². The van der Waals surface area contributed by atoms with Crippen LogP contribution in [0.25, 0.3) is 11.0 Å². The molecule has 1 atom stereocenters. The fourth-order valence-corrected chi connectivity index (χ4v) is 2.54. The molecule has 2 aromatic carbocycles. The van der Waals surface area contributed by atoms with Crippen LogP contribution >= 0.6 is 0 Å². The molecule has 0 spiro atoms. The van der Waals surface area contributed by atoms with Crippen molar-refractivity contribution in [1.29, 1.82) is 0 Å². The van der Waals surface area contributed by atoms with Crippen LogP contribution in [-0.2, 0) is 0 Å². The van der Waals surface area contributed by atoms with E-state index in [1.54, 1.807) is 7.11 Å². The first-order valence-corrected chi connectivity index (χ1v) is 7.77. The van der Waals surface area contributed by atoms with Crippen LogP contribution in [0.2, 0.25) is 0 Å². The minimum Gasteiger partial charge on any atom is -0.495 e. The van der Waals surface area contributed by atoms with Crippen molar-refractivity contribution in [1.82, 2.24) is 5.32 Å². The third-order valence-corrected chi connectivity index (χ3v) is 3.82. The number of anilines is 1. The molecule has 0 saturated heterocycles. The number of carbonyl (C=O) groups is 1. The van der Waals surface area contributed by atoms with E-state index in [-0.39, 0.29) is 12.1 Å². The first-order chi connectivity index (χ1) is 11.6. The number of methoxy groups -OCH3 is 1. The minimum absolute atomic E-state index is 0.256. The Morgan fingerprint density at radius 1 is 1.17 bits per heavy atom. The van der Waals surface area contributed by atoms with Gasteiger partial charge >= 0.3 is 6.03 Å². The van der Waals surface area contributed by atoms with Crippen molar-refractivity contribution in [3.05, 3.63) is 59.9 Å². The summed E-state index contributed by atoms with van der Waals surface area (Å²) in [5.74, 6) is 1.34. The summed E-state index contributed by atoms with van der Waals surface area (Å²) in [4.78, 5) is 12.2. The predicted molar refractivity (Wildman–Crippen MR) is 94.5 cm³/mol. The largest absolute Gasteiger partial charge is 0.495 e. The SMILES string of the molecule is COc1cc(C)ccc1NC(=O)NC(C)c1cc2ccccc2o1. The third kappa shape index (κ3) is 3.35. The van der Waals surface area contributed by atoms with Gasteiger partial charge in [-0.1, -0.05) is 24.3 Å². The molecule has 3 aromatic rings. The molecule has 2 N–H and O–H groups in total. The van der Waals surface area contributed by atoms with Gasteiger partial charge in [0.1, 0.15) is 17.1 Å². The van der Waals surface area contributed by atoms with Crippen molar-refractivity contribution in [2.45, 2.75) is 19.9 Å². The van der Waals surface area contributed by atoms with Gasteiger partial charge in [-0.25, -0.2) is 4.79 Å². The molecule has 124 valence electrons. The van der Waals surface area contributed by atoms with Crippen molar-refractivity contribution in [2.75, 3.05) is 12.4 Å². The van der Waals surface area contributed by atoms with Crippen LogP contribution in [0.5, 0.6) is 5.75 Å². The van der Waals surface area contributed by atoms with Crippen molar-refractivity contribution in [3.8, 4) is 5.75 Å². The third-order valence-electron chi connectivity index (χ3n) is 3.82. The van der Waals surface area contributed by atoms with Crippen LogP contribution in [0.1, 0.15) is 24.3 Å². The van der Waals surface area contributed by atoms with Crippen molar-refractivity contribution >= 4 is 22.7 Å². The standard InChI is InChI=1S/C19H20N2O3/c1-12-8-9-15(18(10-12)23-3)21-19(22)20-13(2)17-11-14-6-4-5-7-16(14)24-17/h4-11,13H,1-3H3,(H2,20,21,22). The summed E-state index contributed by atoms with van der Waals surface area (Å²) in [6, 6.07) is 14.7.